The third-order valence-corrected chi connectivity index (χ3v) is 3.36. The Hall–Kier alpha value is -1.09. The second-order valence-electron chi connectivity index (χ2n) is 4.85. The lowest BCUT2D eigenvalue weighted by Crippen LogP contribution is -2.38. The molecule has 0 aliphatic heterocycles. The van der Waals surface area contributed by atoms with Crippen LogP contribution in [0.4, 0.5) is 0 Å². The average molecular weight is 253 g/mol. The number of nitrogens with zero attached hydrogens (tertiary/aromatic N) is 2. The first-order valence-corrected chi connectivity index (χ1v) is 6.38. The molecule has 3 nitrogen and oxygen atoms in total. The van der Waals surface area contributed by atoms with Gasteiger partial charge in [0.2, 0.25) is 0 Å². The summed E-state index contributed by atoms with van der Waals surface area (Å²) in [5.41, 5.74) is 0.503. The lowest BCUT2D eigenvalue weighted by atomic mass is 10.2. The summed E-state index contributed by atoms with van der Waals surface area (Å²) in [6.45, 7) is 4.90. The maximum absolute atomic E-state index is 12.4. The first-order chi connectivity index (χ1) is 8.09. The third-order valence-electron chi connectivity index (χ3n) is 3.03. The number of aromatic nitrogens is 1. The largest absolute Gasteiger partial charge is 0.336 e. The van der Waals surface area contributed by atoms with Gasteiger partial charge in [-0.15, -0.1) is 0 Å². The van der Waals surface area contributed by atoms with Gasteiger partial charge in [0.1, 0.15) is 0 Å². The van der Waals surface area contributed by atoms with Crippen LogP contribution < -0.4 is 0 Å². The van der Waals surface area contributed by atoms with E-state index in [0.29, 0.717) is 16.5 Å². The number of amides is 1. The molecule has 92 valence electrons. The van der Waals surface area contributed by atoms with E-state index in [0.717, 1.165) is 6.54 Å². The van der Waals surface area contributed by atoms with Crippen LogP contribution in [0, 0.1) is 5.92 Å². The molecule has 1 amide bonds. The zero-order chi connectivity index (χ0) is 12.4. The molecule has 0 saturated heterocycles. The van der Waals surface area contributed by atoms with Crippen molar-refractivity contribution in [3.05, 3.63) is 29.0 Å². The monoisotopic (exact) mass is 252 g/mol. The molecule has 0 radical (unpaired) electrons. The van der Waals surface area contributed by atoms with Gasteiger partial charge >= 0.3 is 0 Å². The topological polar surface area (TPSA) is 33.2 Å². The molecule has 1 aliphatic rings. The molecular weight excluding hydrogens is 236 g/mol. The van der Waals surface area contributed by atoms with Gasteiger partial charge in [-0.2, -0.15) is 0 Å². The van der Waals surface area contributed by atoms with Gasteiger partial charge in [-0.1, -0.05) is 11.6 Å². The molecule has 2 rings (SSSR count). The second-order valence-corrected chi connectivity index (χ2v) is 5.26. The van der Waals surface area contributed by atoms with Crippen molar-refractivity contribution in [2.24, 2.45) is 5.92 Å². The van der Waals surface area contributed by atoms with Crippen molar-refractivity contribution >= 4 is 17.5 Å². The van der Waals surface area contributed by atoms with E-state index in [-0.39, 0.29) is 11.9 Å². The molecule has 1 heterocycles. The predicted octanol–water partition coefficient (Wildman–Crippen LogP) is 3.00. The molecular formula is C13H17ClN2O. The molecule has 1 aromatic rings. The van der Waals surface area contributed by atoms with E-state index in [1.165, 1.54) is 12.8 Å². The minimum Gasteiger partial charge on any atom is -0.336 e. The number of carbonyl (C=O) groups excluding carboxylic acids is 1. The molecule has 1 saturated carbocycles. The molecule has 0 spiro atoms. The first kappa shape index (κ1) is 12.4. The summed E-state index contributed by atoms with van der Waals surface area (Å²) in [7, 11) is 0. The lowest BCUT2D eigenvalue weighted by Gasteiger charge is -2.27. The van der Waals surface area contributed by atoms with Crippen LogP contribution >= 0.6 is 11.6 Å². The summed E-state index contributed by atoms with van der Waals surface area (Å²) in [5, 5.41) is 0.478. The Bertz CT molecular complexity index is 416. The first-order valence-electron chi connectivity index (χ1n) is 6.00. The van der Waals surface area contributed by atoms with Gasteiger partial charge in [0.05, 0.1) is 10.6 Å². The summed E-state index contributed by atoms with van der Waals surface area (Å²) < 4.78 is 0. The SMILES string of the molecule is CC(C)N(CC1CC1)C(=O)c1cnccc1Cl. The average Bonchev–Trinajstić information content (AvgIpc) is 3.09. The Kier molecular flexibility index (Phi) is 3.67. The number of halogens is 1. The van der Waals surface area contributed by atoms with Crippen LogP contribution in [0.2, 0.25) is 5.02 Å². The molecule has 4 heteroatoms. The Balaban J connectivity index is 2.18. The highest BCUT2D eigenvalue weighted by atomic mass is 35.5. The van der Waals surface area contributed by atoms with Crippen molar-refractivity contribution in [1.82, 2.24) is 9.88 Å². The van der Waals surface area contributed by atoms with Crippen LogP contribution in [0.5, 0.6) is 0 Å². The van der Waals surface area contributed by atoms with Gasteiger partial charge in [0, 0.05) is 25.0 Å². The molecule has 1 aliphatic carbocycles. The van der Waals surface area contributed by atoms with Gasteiger partial charge in [0.15, 0.2) is 0 Å². The van der Waals surface area contributed by atoms with E-state index < -0.39 is 0 Å². The van der Waals surface area contributed by atoms with Gasteiger partial charge in [-0.05, 0) is 38.7 Å². The summed E-state index contributed by atoms with van der Waals surface area (Å²) in [5.74, 6) is 0.668. The molecule has 0 bridgehead atoms. The fourth-order valence-electron chi connectivity index (χ4n) is 1.80. The Morgan fingerprint density at radius 2 is 2.29 bits per heavy atom. The summed E-state index contributed by atoms with van der Waals surface area (Å²) in [6, 6.07) is 1.85. The zero-order valence-corrected chi connectivity index (χ0v) is 10.9. The van der Waals surface area contributed by atoms with E-state index in [1.807, 2.05) is 18.7 Å². The van der Waals surface area contributed by atoms with Crippen LogP contribution in [0.1, 0.15) is 37.0 Å². The Morgan fingerprint density at radius 3 is 2.82 bits per heavy atom. The van der Waals surface area contributed by atoms with Crippen molar-refractivity contribution < 1.29 is 4.79 Å². The van der Waals surface area contributed by atoms with Crippen molar-refractivity contribution in [3.63, 3.8) is 0 Å². The van der Waals surface area contributed by atoms with E-state index in [9.17, 15) is 4.79 Å². The van der Waals surface area contributed by atoms with E-state index in [1.54, 1.807) is 18.5 Å². The standard InChI is InChI=1S/C13H17ClN2O/c1-9(2)16(8-10-3-4-10)13(17)11-7-15-6-5-12(11)14/h5-7,9-10H,3-4,8H2,1-2H3. The Morgan fingerprint density at radius 1 is 1.59 bits per heavy atom. The van der Waals surface area contributed by atoms with Crippen molar-refractivity contribution in [2.75, 3.05) is 6.54 Å². The van der Waals surface area contributed by atoms with Crippen LogP contribution in [-0.2, 0) is 0 Å². The van der Waals surface area contributed by atoms with Crippen LogP contribution in [0.3, 0.4) is 0 Å². The molecule has 17 heavy (non-hydrogen) atoms. The molecule has 0 atom stereocenters. The van der Waals surface area contributed by atoms with Crippen molar-refractivity contribution in [3.8, 4) is 0 Å². The predicted molar refractivity (Wildman–Crippen MR) is 68.1 cm³/mol. The van der Waals surface area contributed by atoms with Crippen LogP contribution in [0.15, 0.2) is 18.5 Å². The van der Waals surface area contributed by atoms with Gasteiger partial charge in [0.25, 0.3) is 5.91 Å². The summed E-state index contributed by atoms with van der Waals surface area (Å²) >= 11 is 6.03. The molecule has 1 aromatic heterocycles. The highest BCUT2D eigenvalue weighted by Crippen LogP contribution is 2.31. The van der Waals surface area contributed by atoms with Gasteiger partial charge in [-0.3, -0.25) is 9.78 Å². The van der Waals surface area contributed by atoms with Gasteiger partial charge in [-0.25, -0.2) is 0 Å². The zero-order valence-electron chi connectivity index (χ0n) is 10.2. The third kappa shape index (κ3) is 2.97. The van der Waals surface area contributed by atoms with Crippen LogP contribution in [-0.4, -0.2) is 28.4 Å². The highest BCUT2D eigenvalue weighted by molar-refractivity contribution is 6.33. The maximum atomic E-state index is 12.4. The lowest BCUT2D eigenvalue weighted by molar-refractivity contribution is 0.0696. The number of rotatable bonds is 4. The van der Waals surface area contributed by atoms with Crippen molar-refractivity contribution in [2.45, 2.75) is 32.7 Å². The number of hydrogen-bond acceptors (Lipinski definition) is 2. The fourth-order valence-corrected chi connectivity index (χ4v) is 1.98. The minimum atomic E-state index is -0.00926. The molecule has 0 N–H and O–H groups in total. The van der Waals surface area contributed by atoms with Gasteiger partial charge < -0.3 is 4.90 Å². The normalized spacial score (nSPS) is 15.1. The fraction of sp³-hybridized carbons (Fsp3) is 0.538. The van der Waals surface area contributed by atoms with E-state index >= 15 is 0 Å². The number of carbonyl (C=O) groups is 1. The maximum Gasteiger partial charge on any atom is 0.257 e. The summed E-state index contributed by atoms with van der Waals surface area (Å²) in [4.78, 5) is 18.2. The Labute approximate surface area is 107 Å². The van der Waals surface area contributed by atoms with E-state index in [2.05, 4.69) is 4.98 Å². The molecule has 1 fully saturated rings. The molecule has 0 unspecified atom stereocenters. The quantitative estimate of drug-likeness (QED) is 0.825. The smallest absolute Gasteiger partial charge is 0.257 e. The second kappa shape index (κ2) is 5.05. The highest BCUT2D eigenvalue weighted by Gasteiger charge is 2.29. The van der Waals surface area contributed by atoms with Crippen LogP contribution in [0.25, 0.3) is 0 Å². The molecule has 0 aromatic carbocycles. The summed E-state index contributed by atoms with van der Waals surface area (Å²) in [6.07, 6.45) is 5.61. The minimum absolute atomic E-state index is 0.00926. The van der Waals surface area contributed by atoms with Crippen molar-refractivity contribution in [1.29, 1.82) is 0 Å². The van der Waals surface area contributed by atoms with E-state index in [4.69, 9.17) is 11.6 Å². The number of hydrogen-bond donors (Lipinski definition) is 0. The number of pyridine rings is 1.